The van der Waals surface area contributed by atoms with Crippen LogP contribution in [0.25, 0.3) is 0 Å². The molecule has 7 nitrogen and oxygen atoms in total. The Balaban J connectivity index is 1.72. The summed E-state index contributed by atoms with van der Waals surface area (Å²) in [5.74, 6) is 0.522. The van der Waals surface area contributed by atoms with Crippen LogP contribution in [-0.2, 0) is 15.9 Å². The highest BCUT2D eigenvalue weighted by molar-refractivity contribution is 7.70. The number of nitrogens with one attached hydrogen (secondary N) is 2. The lowest BCUT2D eigenvalue weighted by molar-refractivity contribution is -0.128. The molecule has 4 rings (SSSR count). The molecule has 0 bridgehead atoms. The summed E-state index contributed by atoms with van der Waals surface area (Å²) in [6.45, 7) is 7.67. The maximum atomic E-state index is 13.8. The molecule has 1 heterocycles. The van der Waals surface area contributed by atoms with Crippen molar-refractivity contribution in [2.75, 3.05) is 31.1 Å². The van der Waals surface area contributed by atoms with E-state index in [1.165, 1.54) is 0 Å². The van der Waals surface area contributed by atoms with Crippen molar-refractivity contribution in [1.29, 1.82) is 0 Å². The summed E-state index contributed by atoms with van der Waals surface area (Å²) in [5.41, 5.74) is 3.25. The van der Waals surface area contributed by atoms with E-state index in [0.717, 1.165) is 36.0 Å². The van der Waals surface area contributed by atoms with E-state index < -0.39 is 12.7 Å². The number of benzene rings is 2. The predicted molar refractivity (Wildman–Crippen MR) is 137 cm³/mol. The van der Waals surface area contributed by atoms with E-state index in [4.69, 9.17) is 4.74 Å². The molecule has 0 aromatic heterocycles. The van der Waals surface area contributed by atoms with E-state index in [0.29, 0.717) is 41.8 Å². The third kappa shape index (κ3) is 4.34. The first kappa shape index (κ1) is 24.3. The number of rotatable bonds is 5. The molecule has 2 aromatic rings. The number of hydrogen-bond acceptors (Lipinski definition) is 4. The number of carbonyl (C=O) groups excluding carboxylic acids is 2. The normalized spacial score (nSPS) is 17.6. The van der Waals surface area contributed by atoms with Crippen LogP contribution in [0.4, 0.5) is 16.2 Å². The first-order valence-electron chi connectivity index (χ1n) is 11.8. The molecule has 1 fully saturated rings. The van der Waals surface area contributed by atoms with Gasteiger partial charge in [-0.2, -0.15) is 0 Å². The summed E-state index contributed by atoms with van der Waals surface area (Å²) in [7, 11) is -0.990. The summed E-state index contributed by atoms with van der Waals surface area (Å²) < 4.78 is 18.3. The number of aryl methyl sites for hydroxylation is 2. The number of anilines is 2. The Kier molecular flexibility index (Phi) is 6.52. The van der Waals surface area contributed by atoms with Crippen molar-refractivity contribution in [1.82, 2.24) is 4.90 Å². The van der Waals surface area contributed by atoms with Crippen molar-refractivity contribution in [3.63, 3.8) is 0 Å². The van der Waals surface area contributed by atoms with Crippen LogP contribution in [-0.4, -0.2) is 42.8 Å². The lowest BCUT2D eigenvalue weighted by atomic mass is 9.78. The Hall–Kier alpha value is -2.79. The summed E-state index contributed by atoms with van der Waals surface area (Å²) in [4.78, 5) is 29.0. The van der Waals surface area contributed by atoms with Gasteiger partial charge >= 0.3 is 6.03 Å². The molecule has 2 aliphatic rings. The van der Waals surface area contributed by atoms with Gasteiger partial charge in [-0.05, 0) is 68.8 Å². The average molecular weight is 484 g/mol. The fourth-order valence-corrected chi connectivity index (χ4v) is 6.35. The molecule has 0 radical (unpaired) electrons. The minimum atomic E-state index is -2.59. The van der Waals surface area contributed by atoms with Crippen LogP contribution in [0.2, 0.25) is 0 Å². The van der Waals surface area contributed by atoms with Gasteiger partial charge in [0, 0.05) is 17.1 Å². The van der Waals surface area contributed by atoms with E-state index in [1.807, 2.05) is 44.2 Å². The van der Waals surface area contributed by atoms with Crippen molar-refractivity contribution in [3.8, 4) is 5.75 Å². The minimum absolute atomic E-state index is 0.179. The summed E-state index contributed by atoms with van der Waals surface area (Å²) >= 11 is 0. The first-order valence-corrected chi connectivity index (χ1v) is 14.4. The highest BCUT2D eigenvalue weighted by Crippen LogP contribution is 2.44. The van der Waals surface area contributed by atoms with Crippen molar-refractivity contribution in [3.05, 3.63) is 47.0 Å². The Morgan fingerprint density at radius 2 is 1.76 bits per heavy atom. The van der Waals surface area contributed by atoms with Gasteiger partial charge in [0.15, 0.2) is 0 Å². The third-order valence-electron chi connectivity index (χ3n) is 7.18. The molecule has 0 unspecified atom stereocenters. The molecule has 1 aliphatic heterocycles. The Morgan fingerprint density at radius 3 is 2.41 bits per heavy atom. The molecule has 182 valence electrons. The fraction of sp³-hybridized carbons (Fsp3) is 0.462. The number of urea groups is 1. The third-order valence-corrected chi connectivity index (χ3v) is 8.72. The topological polar surface area (TPSA) is 87.7 Å². The van der Waals surface area contributed by atoms with E-state index in [1.54, 1.807) is 25.3 Å². The SMILES string of the molecule is COc1cc(NC(=O)C2(N3Cc4c(C)ccc(P(C)(C)=O)c4NC3=O)CCCCC2)ccc1C. The fourth-order valence-electron chi connectivity index (χ4n) is 5.18. The molecule has 3 amide bonds. The van der Waals surface area contributed by atoms with Gasteiger partial charge in [-0.25, -0.2) is 4.79 Å². The highest BCUT2D eigenvalue weighted by atomic mass is 31.2. The maximum Gasteiger partial charge on any atom is 0.323 e. The first-order chi connectivity index (χ1) is 16.1. The second kappa shape index (κ2) is 9.10. The molecular formula is C26H34N3O4P. The number of methoxy groups -OCH3 is 1. The predicted octanol–water partition coefficient (Wildman–Crippen LogP) is 5.25. The molecule has 1 aliphatic carbocycles. The summed E-state index contributed by atoms with van der Waals surface area (Å²) in [5, 5.41) is 6.74. The van der Waals surface area contributed by atoms with Gasteiger partial charge in [-0.3, -0.25) is 4.79 Å². The Morgan fingerprint density at radius 1 is 1.09 bits per heavy atom. The second-order valence-electron chi connectivity index (χ2n) is 9.85. The van der Waals surface area contributed by atoms with Crippen molar-refractivity contribution in [2.45, 2.75) is 58.0 Å². The lowest BCUT2D eigenvalue weighted by Crippen LogP contribution is -2.62. The smallest absolute Gasteiger partial charge is 0.323 e. The van der Waals surface area contributed by atoms with Crippen LogP contribution in [0.5, 0.6) is 5.75 Å². The Labute approximate surface area is 201 Å². The van der Waals surface area contributed by atoms with E-state index in [9.17, 15) is 14.2 Å². The zero-order chi connectivity index (χ0) is 24.7. The molecule has 8 heteroatoms. The Bertz CT molecular complexity index is 1180. The summed E-state index contributed by atoms with van der Waals surface area (Å²) in [6.07, 6.45) is 3.99. The van der Waals surface area contributed by atoms with Crippen LogP contribution in [0.15, 0.2) is 30.3 Å². The van der Waals surface area contributed by atoms with Gasteiger partial charge < -0.3 is 24.8 Å². The minimum Gasteiger partial charge on any atom is -0.496 e. The van der Waals surface area contributed by atoms with Crippen LogP contribution < -0.4 is 20.7 Å². The number of carbonyl (C=O) groups is 2. The maximum absolute atomic E-state index is 13.8. The molecule has 2 N–H and O–H groups in total. The quantitative estimate of drug-likeness (QED) is 0.569. The number of amides is 3. The largest absolute Gasteiger partial charge is 0.496 e. The van der Waals surface area contributed by atoms with E-state index >= 15 is 0 Å². The zero-order valence-electron chi connectivity index (χ0n) is 20.7. The van der Waals surface area contributed by atoms with Gasteiger partial charge in [-0.15, -0.1) is 0 Å². The van der Waals surface area contributed by atoms with Gasteiger partial charge in [0.2, 0.25) is 5.91 Å². The van der Waals surface area contributed by atoms with E-state index in [2.05, 4.69) is 10.6 Å². The molecular weight excluding hydrogens is 449 g/mol. The standard InChI is InChI=1S/C26H34N3O4P/c1-17-10-12-22(34(4,5)32)23-20(17)16-29(25(31)28-23)26(13-7-6-8-14-26)24(30)27-19-11-9-18(2)21(15-19)33-3/h9-12,15H,6-8,13-14,16H2,1-5H3,(H,27,30)(H,28,31). The number of hydrogen-bond donors (Lipinski definition) is 2. The monoisotopic (exact) mass is 483 g/mol. The average Bonchev–Trinajstić information content (AvgIpc) is 2.79. The molecule has 0 saturated heterocycles. The van der Waals surface area contributed by atoms with Crippen LogP contribution in [0, 0.1) is 13.8 Å². The number of fused-ring (bicyclic) bond motifs is 1. The van der Waals surface area contributed by atoms with Crippen LogP contribution in [0.1, 0.15) is 48.8 Å². The summed E-state index contributed by atoms with van der Waals surface area (Å²) in [6, 6.07) is 9.06. The molecule has 1 saturated carbocycles. The zero-order valence-corrected chi connectivity index (χ0v) is 21.6. The van der Waals surface area contributed by atoms with Gasteiger partial charge in [0.1, 0.15) is 18.4 Å². The molecule has 34 heavy (non-hydrogen) atoms. The molecule has 0 spiro atoms. The number of ether oxygens (including phenoxy) is 1. The molecule has 2 aromatic carbocycles. The second-order valence-corrected chi connectivity index (χ2v) is 13.0. The van der Waals surface area contributed by atoms with Crippen LogP contribution >= 0.6 is 7.14 Å². The van der Waals surface area contributed by atoms with Crippen molar-refractivity contribution >= 4 is 35.8 Å². The van der Waals surface area contributed by atoms with Gasteiger partial charge in [0.05, 0.1) is 19.3 Å². The van der Waals surface area contributed by atoms with Crippen LogP contribution in [0.3, 0.4) is 0 Å². The number of nitrogens with zero attached hydrogens (tertiary/aromatic N) is 1. The van der Waals surface area contributed by atoms with Gasteiger partial charge in [0.25, 0.3) is 0 Å². The van der Waals surface area contributed by atoms with Crippen molar-refractivity contribution in [2.24, 2.45) is 0 Å². The lowest BCUT2D eigenvalue weighted by Gasteiger charge is -2.47. The molecule has 0 atom stereocenters. The van der Waals surface area contributed by atoms with E-state index in [-0.39, 0.29) is 11.9 Å². The van der Waals surface area contributed by atoms with Gasteiger partial charge in [-0.1, -0.05) is 31.4 Å². The van der Waals surface area contributed by atoms with Crippen molar-refractivity contribution < 1.29 is 18.9 Å². The highest BCUT2D eigenvalue weighted by Gasteiger charge is 2.49.